The van der Waals surface area contributed by atoms with Crippen molar-refractivity contribution in [1.29, 1.82) is 0 Å². The minimum Gasteiger partial charge on any atom is -0.404 e. The molecular weight excluding hydrogens is 549 g/mol. The lowest BCUT2D eigenvalue weighted by Gasteiger charge is -2.11. The Bertz CT molecular complexity index is 1650. The largest absolute Gasteiger partial charge is 0.417 e. The molecule has 39 heavy (non-hydrogen) atoms. The van der Waals surface area contributed by atoms with Crippen molar-refractivity contribution in [2.24, 2.45) is 0 Å². The number of nitrogens with one attached hydrogen (secondary N) is 2. The Morgan fingerprint density at radius 2 is 1.79 bits per heavy atom. The van der Waals surface area contributed by atoms with Crippen LogP contribution in [-0.4, -0.2) is 35.2 Å². The summed E-state index contributed by atoms with van der Waals surface area (Å²) in [5, 5.41) is 6.15. The van der Waals surface area contributed by atoms with Gasteiger partial charge in [-0.3, -0.25) is 5.32 Å². The molecule has 204 valence electrons. The number of rotatable bonds is 7. The van der Waals surface area contributed by atoms with Gasteiger partial charge in [0, 0.05) is 17.3 Å². The van der Waals surface area contributed by atoms with E-state index in [1.54, 1.807) is 0 Å². The molecule has 0 radical (unpaired) electrons. The van der Waals surface area contributed by atoms with Gasteiger partial charge in [-0.2, -0.15) is 18.3 Å². The van der Waals surface area contributed by atoms with Crippen molar-refractivity contribution in [2.45, 2.75) is 36.4 Å². The topological polar surface area (TPSA) is 115 Å². The summed E-state index contributed by atoms with van der Waals surface area (Å²) < 4.78 is 99.6. The molecule has 2 aromatic carbocycles. The van der Waals surface area contributed by atoms with Gasteiger partial charge in [0.25, 0.3) is 6.43 Å². The van der Waals surface area contributed by atoms with Gasteiger partial charge in [-0.05, 0) is 49.2 Å². The smallest absolute Gasteiger partial charge is 0.404 e. The molecule has 9 nitrogen and oxygen atoms in total. The number of nitrogens with zero attached hydrogens (tertiary/aromatic N) is 3. The second-order valence-corrected chi connectivity index (χ2v) is 10.3. The maximum atomic E-state index is 13.8. The first-order valence-electron chi connectivity index (χ1n) is 11.4. The lowest BCUT2D eigenvalue weighted by molar-refractivity contribution is -0.137. The number of carbonyl (C=O) groups is 1. The van der Waals surface area contributed by atoms with Gasteiger partial charge in [0.15, 0.2) is 11.4 Å². The molecule has 1 aliphatic rings. The van der Waals surface area contributed by atoms with E-state index in [1.807, 2.05) is 0 Å². The number of hydrogen-bond donors (Lipinski definition) is 2. The molecule has 0 atom stereocenters. The molecule has 2 N–H and O–H groups in total. The Hall–Kier alpha value is -4.11. The molecule has 2 aromatic heterocycles. The fourth-order valence-electron chi connectivity index (χ4n) is 3.64. The Labute approximate surface area is 217 Å². The number of anilines is 1. The third-order valence-electron chi connectivity index (χ3n) is 5.69. The molecule has 1 saturated carbocycles. The Balaban J connectivity index is 1.41. The summed E-state index contributed by atoms with van der Waals surface area (Å²) in [4.78, 5) is 16.7. The van der Waals surface area contributed by atoms with Crippen molar-refractivity contribution >= 4 is 27.5 Å². The van der Waals surface area contributed by atoms with Crippen LogP contribution in [0.2, 0.25) is 0 Å². The number of carbonyl (C=O) groups excluding carboxylic acids is 1. The minimum absolute atomic E-state index is 0.0763. The highest BCUT2D eigenvalue weighted by atomic mass is 32.2. The first-order chi connectivity index (χ1) is 18.4. The van der Waals surface area contributed by atoms with Crippen molar-refractivity contribution in [2.75, 3.05) is 5.32 Å². The van der Waals surface area contributed by atoms with E-state index in [0.717, 1.165) is 53.9 Å². The van der Waals surface area contributed by atoms with Crippen LogP contribution in [0.5, 0.6) is 5.75 Å². The van der Waals surface area contributed by atoms with Gasteiger partial charge < -0.3 is 4.74 Å². The van der Waals surface area contributed by atoms with Crippen molar-refractivity contribution < 1.29 is 39.9 Å². The molecule has 4 aromatic rings. The predicted octanol–water partition coefficient (Wildman–Crippen LogP) is 5.40. The molecule has 2 heterocycles. The molecule has 15 heteroatoms. The molecule has 0 spiro atoms. The van der Waals surface area contributed by atoms with E-state index in [2.05, 4.69) is 20.1 Å². The third-order valence-corrected chi connectivity index (χ3v) is 7.21. The average Bonchev–Trinajstić information content (AvgIpc) is 3.60. The summed E-state index contributed by atoms with van der Waals surface area (Å²) in [7, 11) is -3.79. The zero-order valence-corrected chi connectivity index (χ0v) is 20.4. The highest BCUT2D eigenvalue weighted by Crippen LogP contribution is 2.33. The lowest BCUT2D eigenvalue weighted by atomic mass is 10.1. The van der Waals surface area contributed by atoms with Crippen LogP contribution >= 0.6 is 0 Å². The zero-order valence-electron chi connectivity index (χ0n) is 19.6. The van der Waals surface area contributed by atoms with Crippen molar-refractivity contribution in [3.8, 4) is 17.0 Å². The summed E-state index contributed by atoms with van der Waals surface area (Å²) in [6, 6.07) is 10.0. The predicted molar refractivity (Wildman–Crippen MR) is 128 cm³/mol. The molecular formula is C24H18F5N5O4S. The van der Waals surface area contributed by atoms with Gasteiger partial charge in [0.1, 0.15) is 5.69 Å². The summed E-state index contributed by atoms with van der Waals surface area (Å²) in [5.74, 6) is -0.317. The van der Waals surface area contributed by atoms with Crippen LogP contribution in [0.25, 0.3) is 16.9 Å². The highest BCUT2D eigenvalue weighted by Gasteiger charge is 2.30. The number of sulfonamides is 1. The fraction of sp³-hybridized carbons (Fsp3) is 0.208. The van der Waals surface area contributed by atoms with Gasteiger partial charge in [-0.15, -0.1) is 0 Å². The van der Waals surface area contributed by atoms with E-state index >= 15 is 0 Å². The lowest BCUT2D eigenvalue weighted by Crippen LogP contribution is -2.26. The molecule has 0 saturated heterocycles. The normalized spacial score (nSPS) is 14.1. The van der Waals surface area contributed by atoms with E-state index in [-0.39, 0.29) is 39.3 Å². The number of fused-ring (bicyclic) bond motifs is 1. The van der Waals surface area contributed by atoms with E-state index in [1.165, 1.54) is 24.3 Å². The molecule has 1 fully saturated rings. The molecule has 0 unspecified atom stereocenters. The Kier molecular flexibility index (Phi) is 6.72. The van der Waals surface area contributed by atoms with E-state index in [9.17, 15) is 35.2 Å². The summed E-state index contributed by atoms with van der Waals surface area (Å²) >= 11 is 0. The molecule has 1 aliphatic carbocycles. The molecule has 0 aliphatic heterocycles. The second kappa shape index (κ2) is 9.89. The Morgan fingerprint density at radius 3 is 2.44 bits per heavy atom. The van der Waals surface area contributed by atoms with Crippen LogP contribution in [0.4, 0.5) is 32.4 Å². The quantitative estimate of drug-likeness (QED) is 0.289. The summed E-state index contributed by atoms with van der Waals surface area (Å²) in [5.41, 5.74) is -1.75. The number of alkyl halides is 5. The van der Waals surface area contributed by atoms with Crippen molar-refractivity contribution in [1.82, 2.24) is 19.3 Å². The first kappa shape index (κ1) is 26.5. The number of ether oxygens (including phenoxy) is 1. The van der Waals surface area contributed by atoms with Crippen LogP contribution in [0.15, 0.2) is 65.7 Å². The molecule has 5 rings (SSSR count). The Morgan fingerprint density at radius 1 is 1.08 bits per heavy atom. The fourth-order valence-corrected chi connectivity index (χ4v) is 4.99. The van der Waals surface area contributed by atoms with Crippen LogP contribution in [0.1, 0.15) is 30.5 Å². The van der Waals surface area contributed by atoms with Gasteiger partial charge in [-0.1, -0.05) is 18.2 Å². The number of benzene rings is 2. The summed E-state index contributed by atoms with van der Waals surface area (Å²) in [6.45, 7) is 0. The number of amides is 1. The van der Waals surface area contributed by atoms with Gasteiger partial charge >= 0.3 is 12.3 Å². The van der Waals surface area contributed by atoms with Crippen molar-refractivity contribution in [3.63, 3.8) is 0 Å². The van der Waals surface area contributed by atoms with Crippen LogP contribution in [-0.2, 0) is 16.2 Å². The molecule has 1 amide bonds. The van der Waals surface area contributed by atoms with Crippen LogP contribution in [0, 0.1) is 0 Å². The highest BCUT2D eigenvalue weighted by molar-refractivity contribution is 7.89. The monoisotopic (exact) mass is 567 g/mol. The van der Waals surface area contributed by atoms with Gasteiger partial charge in [-0.25, -0.2) is 36.2 Å². The SMILES string of the molecule is O=C(Nc1cccc(S(=O)(=O)NC2CC2)c1)Oc1cnn2c(C(F)F)cc(-c3ccc(C(F)(F)F)cc3)nc12. The maximum Gasteiger partial charge on any atom is 0.417 e. The number of aromatic nitrogens is 3. The number of hydrogen-bond acceptors (Lipinski definition) is 6. The second-order valence-electron chi connectivity index (χ2n) is 8.62. The van der Waals surface area contributed by atoms with Gasteiger partial charge in [0.2, 0.25) is 10.0 Å². The minimum atomic E-state index is -4.58. The van der Waals surface area contributed by atoms with E-state index in [4.69, 9.17) is 4.74 Å². The standard InChI is InChI=1S/C24H18F5N5O4S/c25-21(26)19-11-18(13-4-6-14(7-5-13)24(27,28)29)32-22-20(12-30-34(19)22)38-23(35)31-16-2-1-3-17(10-16)39(36,37)33-15-8-9-15/h1-7,10-12,15,21,33H,8-9H2,(H,31,35). The van der Waals surface area contributed by atoms with Gasteiger partial charge in [0.05, 0.1) is 22.3 Å². The first-order valence-corrected chi connectivity index (χ1v) is 12.8. The maximum absolute atomic E-state index is 13.8. The van der Waals surface area contributed by atoms with Crippen LogP contribution < -0.4 is 14.8 Å². The third kappa shape index (κ3) is 5.83. The number of halogens is 5. The van der Waals surface area contributed by atoms with Crippen LogP contribution in [0.3, 0.4) is 0 Å². The van der Waals surface area contributed by atoms with Crippen molar-refractivity contribution in [3.05, 3.63) is 72.1 Å². The zero-order chi connectivity index (χ0) is 27.9. The average molecular weight is 567 g/mol. The molecule has 0 bridgehead atoms. The van der Waals surface area contributed by atoms with E-state index in [0.29, 0.717) is 0 Å². The van der Waals surface area contributed by atoms with E-state index < -0.39 is 40.0 Å². The summed E-state index contributed by atoms with van der Waals surface area (Å²) in [6.07, 6.45) is -6.25.